The molecule has 1 aliphatic carbocycles. The lowest BCUT2D eigenvalue weighted by atomic mass is 9.89. The Morgan fingerprint density at radius 1 is 1.29 bits per heavy atom. The van der Waals surface area contributed by atoms with Crippen LogP contribution < -0.4 is 4.74 Å². The average molecular weight is 236 g/mol. The molecule has 0 spiro atoms. The Kier molecular flexibility index (Phi) is 3.77. The minimum absolute atomic E-state index is 0.0334. The van der Waals surface area contributed by atoms with Gasteiger partial charge < -0.3 is 4.74 Å². The van der Waals surface area contributed by atoms with Gasteiger partial charge >= 0.3 is 0 Å². The average Bonchev–Trinajstić information content (AvgIpc) is 2.32. The Labute approximate surface area is 101 Å². The molecule has 0 aromatic heterocycles. The fourth-order valence-corrected chi connectivity index (χ4v) is 2.26. The maximum absolute atomic E-state index is 13.4. The normalized spacial score (nSPS) is 24.4. The first-order valence-electron chi connectivity index (χ1n) is 6.11. The Hall–Kier alpha value is -1.38. The number of carbonyl (C=O) groups is 1. The molecule has 0 bridgehead atoms. The van der Waals surface area contributed by atoms with E-state index in [1.807, 2.05) is 0 Å². The predicted molar refractivity (Wildman–Crippen MR) is 63.8 cm³/mol. The fourth-order valence-electron chi connectivity index (χ4n) is 2.26. The number of carbonyl (C=O) groups excluding carboxylic acids is 1. The van der Waals surface area contributed by atoms with Crippen molar-refractivity contribution in [3.05, 3.63) is 29.6 Å². The summed E-state index contributed by atoms with van der Waals surface area (Å²) in [6.07, 6.45) is 4.88. The monoisotopic (exact) mass is 236 g/mol. The van der Waals surface area contributed by atoms with Crippen molar-refractivity contribution in [2.75, 3.05) is 0 Å². The van der Waals surface area contributed by atoms with Gasteiger partial charge in [-0.25, -0.2) is 4.39 Å². The molecular weight excluding hydrogens is 219 g/mol. The first kappa shape index (κ1) is 12.1. The summed E-state index contributed by atoms with van der Waals surface area (Å²) in [4.78, 5) is 10.8. The zero-order valence-corrected chi connectivity index (χ0v) is 9.99. The summed E-state index contributed by atoms with van der Waals surface area (Å²) < 4.78 is 19.1. The number of hydrogen-bond donors (Lipinski definition) is 0. The standard InChI is InChI=1S/C14H17FO2/c1-10-5-7-11(8-6-10)17-14-4-2-3-13(15)12(14)9-16/h2-4,9-11H,5-8H2,1H3. The van der Waals surface area contributed by atoms with E-state index in [-0.39, 0.29) is 11.7 Å². The van der Waals surface area contributed by atoms with E-state index in [0.29, 0.717) is 12.0 Å². The van der Waals surface area contributed by atoms with Gasteiger partial charge in [0.1, 0.15) is 11.6 Å². The first-order valence-corrected chi connectivity index (χ1v) is 6.11. The Morgan fingerprint density at radius 3 is 2.65 bits per heavy atom. The molecule has 0 heterocycles. The zero-order chi connectivity index (χ0) is 12.3. The molecule has 2 nitrogen and oxygen atoms in total. The van der Waals surface area contributed by atoms with Crippen LogP contribution in [0.5, 0.6) is 5.75 Å². The summed E-state index contributed by atoms with van der Waals surface area (Å²) in [6, 6.07) is 4.51. The Bertz CT molecular complexity index is 395. The SMILES string of the molecule is CC1CCC(Oc2cccc(F)c2C=O)CC1. The predicted octanol–water partition coefficient (Wildman–Crippen LogP) is 3.60. The van der Waals surface area contributed by atoms with Crippen molar-refractivity contribution in [1.82, 2.24) is 0 Å². The molecule has 1 aliphatic rings. The van der Waals surface area contributed by atoms with Gasteiger partial charge in [-0.2, -0.15) is 0 Å². The molecule has 17 heavy (non-hydrogen) atoms. The number of aldehydes is 1. The van der Waals surface area contributed by atoms with E-state index in [4.69, 9.17) is 4.74 Å². The van der Waals surface area contributed by atoms with Crippen LogP contribution in [0.3, 0.4) is 0 Å². The van der Waals surface area contributed by atoms with E-state index in [9.17, 15) is 9.18 Å². The Morgan fingerprint density at radius 2 is 2.00 bits per heavy atom. The quantitative estimate of drug-likeness (QED) is 0.749. The van der Waals surface area contributed by atoms with Crippen molar-refractivity contribution in [3.8, 4) is 5.75 Å². The lowest BCUT2D eigenvalue weighted by molar-refractivity contribution is 0.109. The van der Waals surface area contributed by atoms with Crippen LogP contribution in [0.1, 0.15) is 43.0 Å². The van der Waals surface area contributed by atoms with E-state index in [2.05, 4.69) is 6.92 Å². The largest absolute Gasteiger partial charge is 0.490 e. The van der Waals surface area contributed by atoms with Crippen LogP contribution in [-0.4, -0.2) is 12.4 Å². The third kappa shape index (κ3) is 2.84. The smallest absolute Gasteiger partial charge is 0.156 e. The van der Waals surface area contributed by atoms with E-state index in [1.165, 1.54) is 6.07 Å². The van der Waals surface area contributed by atoms with Crippen LogP contribution in [0, 0.1) is 11.7 Å². The van der Waals surface area contributed by atoms with E-state index in [0.717, 1.165) is 31.6 Å². The van der Waals surface area contributed by atoms with Crippen LogP contribution >= 0.6 is 0 Å². The third-order valence-corrected chi connectivity index (χ3v) is 3.39. The molecule has 0 unspecified atom stereocenters. The molecule has 1 aromatic rings. The van der Waals surface area contributed by atoms with Crippen molar-refractivity contribution < 1.29 is 13.9 Å². The fraction of sp³-hybridized carbons (Fsp3) is 0.500. The number of hydrogen-bond acceptors (Lipinski definition) is 2. The second-order valence-corrected chi connectivity index (χ2v) is 4.77. The van der Waals surface area contributed by atoms with Crippen molar-refractivity contribution >= 4 is 6.29 Å². The highest BCUT2D eigenvalue weighted by atomic mass is 19.1. The second-order valence-electron chi connectivity index (χ2n) is 4.77. The third-order valence-electron chi connectivity index (χ3n) is 3.39. The number of benzene rings is 1. The highest BCUT2D eigenvalue weighted by Crippen LogP contribution is 2.29. The van der Waals surface area contributed by atoms with Gasteiger partial charge in [0, 0.05) is 0 Å². The van der Waals surface area contributed by atoms with Gasteiger partial charge in [0.15, 0.2) is 6.29 Å². The maximum atomic E-state index is 13.4. The van der Waals surface area contributed by atoms with Gasteiger partial charge in [-0.3, -0.25) is 4.79 Å². The highest BCUT2D eigenvalue weighted by Gasteiger charge is 2.21. The van der Waals surface area contributed by atoms with Gasteiger partial charge in [-0.15, -0.1) is 0 Å². The summed E-state index contributed by atoms with van der Waals surface area (Å²) in [5, 5.41) is 0. The van der Waals surface area contributed by atoms with Crippen LogP contribution in [0.2, 0.25) is 0 Å². The lowest BCUT2D eigenvalue weighted by Crippen LogP contribution is -2.23. The molecule has 0 saturated heterocycles. The van der Waals surface area contributed by atoms with E-state index < -0.39 is 5.82 Å². The van der Waals surface area contributed by atoms with Gasteiger partial charge in [-0.1, -0.05) is 13.0 Å². The lowest BCUT2D eigenvalue weighted by Gasteiger charge is -2.27. The van der Waals surface area contributed by atoms with E-state index >= 15 is 0 Å². The molecule has 2 rings (SSSR count). The summed E-state index contributed by atoms with van der Waals surface area (Å²) in [6.45, 7) is 2.23. The second kappa shape index (κ2) is 5.30. The minimum Gasteiger partial charge on any atom is -0.490 e. The van der Waals surface area contributed by atoms with Crippen molar-refractivity contribution in [3.63, 3.8) is 0 Å². The van der Waals surface area contributed by atoms with Crippen LogP contribution in [0.25, 0.3) is 0 Å². The van der Waals surface area contributed by atoms with E-state index in [1.54, 1.807) is 12.1 Å². The van der Waals surface area contributed by atoms with Crippen molar-refractivity contribution in [1.29, 1.82) is 0 Å². The molecule has 0 N–H and O–H groups in total. The van der Waals surface area contributed by atoms with Crippen molar-refractivity contribution in [2.45, 2.75) is 38.7 Å². The summed E-state index contributed by atoms with van der Waals surface area (Å²) >= 11 is 0. The number of ether oxygens (including phenoxy) is 1. The van der Waals surface area contributed by atoms with Crippen molar-refractivity contribution in [2.24, 2.45) is 5.92 Å². The molecule has 1 fully saturated rings. The molecule has 1 saturated carbocycles. The molecule has 0 atom stereocenters. The molecular formula is C14H17FO2. The summed E-state index contributed by atoms with van der Waals surface area (Å²) in [7, 11) is 0. The van der Waals surface area contributed by atoms with Crippen LogP contribution in [0.4, 0.5) is 4.39 Å². The summed E-state index contributed by atoms with van der Waals surface area (Å²) in [5.41, 5.74) is 0.0334. The molecule has 1 aromatic carbocycles. The first-order chi connectivity index (χ1) is 8.20. The number of rotatable bonds is 3. The zero-order valence-electron chi connectivity index (χ0n) is 9.99. The van der Waals surface area contributed by atoms with Gasteiger partial charge in [-0.05, 0) is 43.7 Å². The van der Waals surface area contributed by atoms with Gasteiger partial charge in [0.05, 0.1) is 11.7 Å². The van der Waals surface area contributed by atoms with Crippen LogP contribution in [-0.2, 0) is 0 Å². The Balaban J connectivity index is 2.08. The molecule has 3 heteroatoms. The summed E-state index contributed by atoms with van der Waals surface area (Å²) in [5.74, 6) is 0.606. The minimum atomic E-state index is -0.512. The topological polar surface area (TPSA) is 26.3 Å². The molecule has 0 radical (unpaired) electrons. The molecule has 92 valence electrons. The maximum Gasteiger partial charge on any atom is 0.156 e. The highest BCUT2D eigenvalue weighted by molar-refractivity contribution is 5.79. The number of halogens is 1. The van der Waals surface area contributed by atoms with Gasteiger partial charge in [0.2, 0.25) is 0 Å². The molecule has 0 amide bonds. The van der Waals surface area contributed by atoms with Crippen LogP contribution in [0.15, 0.2) is 18.2 Å². The van der Waals surface area contributed by atoms with Gasteiger partial charge in [0.25, 0.3) is 0 Å². The molecule has 0 aliphatic heterocycles.